The van der Waals surface area contributed by atoms with E-state index >= 15 is 0 Å². The Kier molecular flexibility index (Phi) is 6.04. The minimum atomic E-state index is -0.295. The molecule has 2 N–H and O–H groups in total. The van der Waals surface area contributed by atoms with E-state index in [1.807, 2.05) is 23.3 Å². The van der Waals surface area contributed by atoms with E-state index < -0.39 is 0 Å². The molecule has 2 aliphatic heterocycles. The van der Waals surface area contributed by atoms with Gasteiger partial charge in [0.15, 0.2) is 0 Å². The van der Waals surface area contributed by atoms with Crippen LogP contribution in [0.5, 0.6) is 5.75 Å². The number of benzene rings is 1. The highest BCUT2D eigenvalue weighted by atomic mass is 32.1. The van der Waals surface area contributed by atoms with Crippen molar-refractivity contribution in [3.63, 3.8) is 0 Å². The largest absolute Gasteiger partial charge is 0.497 e. The molecular weight excluding hydrogens is 374 g/mol. The molecule has 2 fully saturated rings. The molecule has 1 saturated heterocycles. The van der Waals surface area contributed by atoms with E-state index in [9.17, 15) is 0 Å². The van der Waals surface area contributed by atoms with E-state index in [4.69, 9.17) is 26.6 Å². The molecule has 0 bridgehead atoms. The van der Waals surface area contributed by atoms with Crippen LogP contribution in [-0.2, 0) is 9.68 Å². The summed E-state index contributed by atoms with van der Waals surface area (Å²) in [5.74, 6) is 0.836. The monoisotopic (exact) mass is 403 g/mol. The number of ether oxygens (including phenoxy) is 1. The summed E-state index contributed by atoms with van der Waals surface area (Å²) in [6, 6.07) is 8.45. The lowest BCUT2D eigenvalue weighted by Crippen LogP contribution is -2.47. The van der Waals surface area contributed by atoms with E-state index in [1.54, 1.807) is 7.11 Å². The normalized spacial score (nSPS) is 22.4. The van der Waals surface area contributed by atoms with Crippen LogP contribution in [0.3, 0.4) is 0 Å². The van der Waals surface area contributed by atoms with Gasteiger partial charge in [0.1, 0.15) is 11.4 Å². The fourth-order valence-electron chi connectivity index (χ4n) is 4.17. The van der Waals surface area contributed by atoms with Gasteiger partial charge in [-0.05, 0) is 56.1 Å². The molecule has 1 spiro atoms. The molecule has 0 atom stereocenters. The molecule has 0 unspecified atom stereocenters. The molecular formula is C21H29N3O3S. The number of hydrogen-bond acceptors (Lipinski definition) is 6. The lowest BCUT2D eigenvalue weighted by molar-refractivity contribution is -0.144. The third-order valence-corrected chi connectivity index (χ3v) is 6.05. The maximum Gasteiger partial charge on any atom is 0.278 e. The van der Waals surface area contributed by atoms with Gasteiger partial charge >= 0.3 is 0 Å². The maximum absolute atomic E-state index is 5.98. The molecule has 3 aliphatic rings. The fraction of sp³-hybridized carbons (Fsp3) is 0.571. The van der Waals surface area contributed by atoms with Crippen molar-refractivity contribution in [3.05, 3.63) is 35.9 Å². The third kappa shape index (κ3) is 4.59. The van der Waals surface area contributed by atoms with Gasteiger partial charge in [0.2, 0.25) is 0 Å². The first-order valence-corrected chi connectivity index (χ1v) is 10.6. The first-order valence-electron chi connectivity index (χ1n) is 10.2. The van der Waals surface area contributed by atoms with Crippen LogP contribution in [0.1, 0.15) is 50.5 Å². The molecule has 6 nitrogen and oxygen atoms in total. The fourth-order valence-corrected chi connectivity index (χ4v) is 4.44. The van der Waals surface area contributed by atoms with Crippen molar-refractivity contribution in [3.8, 4) is 5.75 Å². The molecule has 0 aromatic heterocycles. The van der Waals surface area contributed by atoms with E-state index in [0.717, 1.165) is 42.9 Å². The van der Waals surface area contributed by atoms with Crippen LogP contribution in [0, 0.1) is 0 Å². The minimum Gasteiger partial charge on any atom is -0.497 e. The van der Waals surface area contributed by atoms with Crippen LogP contribution >= 0.6 is 12.2 Å². The van der Waals surface area contributed by atoms with Crippen molar-refractivity contribution >= 4 is 23.1 Å². The number of nitrogens with one attached hydrogen (secondary N) is 2. The summed E-state index contributed by atoms with van der Waals surface area (Å²) in [5.41, 5.74) is 4.86. The predicted molar refractivity (Wildman–Crippen MR) is 112 cm³/mol. The highest BCUT2D eigenvalue weighted by Gasteiger charge is 2.39. The highest BCUT2D eigenvalue weighted by molar-refractivity contribution is 7.80. The number of thiocarbonyl (C=S) groups is 1. The number of hydroxylamine groups is 3. The zero-order chi connectivity index (χ0) is 19.4. The van der Waals surface area contributed by atoms with Gasteiger partial charge in [0.05, 0.1) is 12.8 Å². The lowest BCUT2D eigenvalue weighted by Gasteiger charge is -2.36. The number of piperidine rings is 1. The van der Waals surface area contributed by atoms with Gasteiger partial charge in [-0.3, -0.25) is 10.3 Å². The zero-order valence-electron chi connectivity index (χ0n) is 16.4. The topological polar surface area (TPSA) is 55.0 Å². The van der Waals surface area contributed by atoms with Crippen LogP contribution in [-0.4, -0.2) is 42.1 Å². The van der Waals surface area contributed by atoms with Crippen molar-refractivity contribution in [1.29, 1.82) is 0 Å². The van der Waals surface area contributed by atoms with E-state index in [-0.39, 0.29) is 5.60 Å². The number of hydrogen-bond donors (Lipinski definition) is 2. The Morgan fingerprint density at radius 2 is 2.04 bits per heavy atom. The smallest absolute Gasteiger partial charge is 0.278 e. The van der Waals surface area contributed by atoms with Crippen molar-refractivity contribution in [2.75, 3.05) is 20.2 Å². The summed E-state index contributed by atoms with van der Waals surface area (Å²) in [7, 11) is 1.68. The standard InChI is InChI=1S/C21H29N3O3S/c1-25-18-9-5-6-16(14-18)19-15-21(27-23-19)10-12-24(13-11-21)26-20(28)22-17-7-3-2-4-8-17/h5-6,9,14-15,17,23H,2-4,7-8,10-13H2,1H3,(H,22,28). The zero-order valence-corrected chi connectivity index (χ0v) is 17.2. The second-order valence-corrected chi connectivity index (χ2v) is 8.22. The summed E-state index contributed by atoms with van der Waals surface area (Å²) < 4.78 is 5.32. The van der Waals surface area contributed by atoms with Gasteiger partial charge in [0.25, 0.3) is 5.17 Å². The first kappa shape index (κ1) is 19.5. The minimum absolute atomic E-state index is 0.295. The van der Waals surface area contributed by atoms with Crippen LogP contribution in [0.4, 0.5) is 0 Å². The molecule has 28 heavy (non-hydrogen) atoms. The SMILES string of the molecule is COc1cccc(C2=CC3(CCN(OC(=S)NC4CCCCC4)CC3)ON2)c1. The Morgan fingerprint density at radius 1 is 1.25 bits per heavy atom. The van der Waals surface area contributed by atoms with Gasteiger partial charge < -0.3 is 14.9 Å². The predicted octanol–water partition coefficient (Wildman–Crippen LogP) is 3.54. The molecule has 1 aliphatic carbocycles. The van der Waals surface area contributed by atoms with Crippen molar-refractivity contribution in [1.82, 2.24) is 15.9 Å². The molecule has 1 saturated carbocycles. The Balaban J connectivity index is 1.29. The molecule has 152 valence electrons. The highest BCUT2D eigenvalue weighted by Crippen LogP contribution is 2.35. The third-order valence-electron chi connectivity index (χ3n) is 5.86. The van der Waals surface area contributed by atoms with Gasteiger partial charge in [-0.15, -0.1) is 5.06 Å². The van der Waals surface area contributed by atoms with Crippen molar-refractivity contribution in [2.45, 2.75) is 56.6 Å². The Hall–Kier alpha value is -1.83. The number of methoxy groups -OCH3 is 1. The summed E-state index contributed by atoms with van der Waals surface area (Å²) in [4.78, 5) is 11.9. The quantitative estimate of drug-likeness (QED) is 0.746. The van der Waals surface area contributed by atoms with E-state index in [2.05, 4.69) is 22.9 Å². The van der Waals surface area contributed by atoms with Gasteiger partial charge in [-0.2, -0.15) is 0 Å². The Morgan fingerprint density at radius 3 is 2.79 bits per heavy atom. The average Bonchev–Trinajstić information content (AvgIpc) is 3.14. The molecule has 4 rings (SSSR count). The molecule has 2 heterocycles. The summed E-state index contributed by atoms with van der Waals surface area (Å²) >= 11 is 5.41. The van der Waals surface area contributed by atoms with Crippen LogP contribution in [0.25, 0.3) is 5.70 Å². The molecule has 1 aromatic rings. The van der Waals surface area contributed by atoms with Gasteiger partial charge in [-0.1, -0.05) is 31.4 Å². The summed E-state index contributed by atoms with van der Waals surface area (Å²) in [6.07, 6.45) is 10.1. The second-order valence-electron chi connectivity index (χ2n) is 7.85. The van der Waals surface area contributed by atoms with Crippen LogP contribution < -0.4 is 15.5 Å². The Labute approximate surface area is 172 Å². The summed E-state index contributed by atoms with van der Waals surface area (Å²) in [6.45, 7) is 1.55. The first-order chi connectivity index (χ1) is 13.7. The van der Waals surface area contributed by atoms with E-state index in [0.29, 0.717) is 11.2 Å². The van der Waals surface area contributed by atoms with Crippen LogP contribution in [0.15, 0.2) is 30.3 Å². The average molecular weight is 404 g/mol. The van der Waals surface area contributed by atoms with Crippen LogP contribution in [0.2, 0.25) is 0 Å². The van der Waals surface area contributed by atoms with E-state index in [1.165, 1.54) is 32.1 Å². The van der Waals surface area contributed by atoms with Gasteiger partial charge in [-0.25, -0.2) is 0 Å². The van der Waals surface area contributed by atoms with Crippen molar-refractivity contribution < 1.29 is 14.4 Å². The number of nitrogens with zero attached hydrogens (tertiary/aromatic N) is 1. The maximum atomic E-state index is 5.98. The Bertz CT molecular complexity index is 725. The molecule has 1 aromatic carbocycles. The van der Waals surface area contributed by atoms with Crippen molar-refractivity contribution in [2.24, 2.45) is 0 Å². The summed E-state index contributed by atoms with van der Waals surface area (Å²) in [5, 5.41) is 5.82. The molecule has 0 radical (unpaired) electrons. The molecule has 7 heteroatoms. The number of rotatable bonds is 4. The lowest BCUT2D eigenvalue weighted by atomic mass is 9.91. The van der Waals surface area contributed by atoms with Gasteiger partial charge in [0, 0.05) is 24.7 Å². The molecule has 0 amide bonds. The second kappa shape index (κ2) is 8.68.